The summed E-state index contributed by atoms with van der Waals surface area (Å²) < 4.78 is 0. The molecule has 22 heavy (non-hydrogen) atoms. The molecule has 6 heteroatoms. The number of carbonyl (C=O) groups excluding carboxylic acids is 1. The molecule has 0 spiro atoms. The highest BCUT2D eigenvalue weighted by Gasteiger charge is 2.06. The first-order chi connectivity index (χ1) is 10.0. The molecule has 0 saturated heterocycles. The van der Waals surface area contributed by atoms with Gasteiger partial charge in [-0.15, -0.1) is 24.0 Å². The number of hydrogen-bond donors (Lipinski definition) is 3. The number of nitrogens with one attached hydrogen (secondary N) is 3. The molecular formula is C16H35IN4O. The fourth-order valence-corrected chi connectivity index (χ4v) is 1.95. The first-order valence-corrected chi connectivity index (χ1v) is 8.26. The van der Waals surface area contributed by atoms with Crippen molar-refractivity contribution in [2.24, 2.45) is 10.9 Å². The van der Waals surface area contributed by atoms with Crippen LogP contribution in [-0.4, -0.2) is 38.0 Å². The van der Waals surface area contributed by atoms with E-state index in [1.165, 1.54) is 25.7 Å². The summed E-state index contributed by atoms with van der Waals surface area (Å²) >= 11 is 0. The summed E-state index contributed by atoms with van der Waals surface area (Å²) in [4.78, 5) is 15.6. The van der Waals surface area contributed by atoms with E-state index in [1.54, 1.807) is 7.05 Å². The van der Waals surface area contributed by atoms with Crippen LogP contribution in [0.15, 0.2) is 4.99 Å². The predicted octanol–water partition coefficient (Wildman–Crippen LogP) is 2.90. The number of hydrogen-bond acceptors (Lipinski definition) is 2. The van der Waals surface area contributed by atoms with Crippen molar-refractivity contribution < 1.29 is 4.79 Å². The molecule has 5 nitrogen and oxygen atoms in total. The lowest BCUT2D eigenvalue weighted by Gasteiger charge is -2.18. The highest BCUT2D eigenvalue weighted by Crippen LogP contribution is 2.04. The smallest absolute Gasteiger partial charge is 0.222 e. The third kappa shape index (κ3) is 13.2. The molecule has 0 aromatic carbocycles. The molecule has 0 heterocycles. The highest BCUT2D eigenvalue weighted by molar-refractivity contribution is 14.0. The maximum absolute atomic E-state index is 11.4. The zero-order chi connectivity index (χ0) is 16.1. The van der Waals surface area contributed by atoms with Crippen molar-refractivity contribution in [2.45, 2.75) is 65.8 Å². The zero-order valence-electron chi connectivity index (χ0n) is 14.9. The van der Waals surface area contributed by atoms with Gasteiger partial charge in [0.2, 0.25) is 5.91 Å². The lowest BCUT2D eigenvalue weighted by molar-refractivity contribution is -0.123. The monoisotopic (exact) mass is 426 g/mol. The van der Waals surface area contributed by atoms with Gasteiger partial charge >= 0.3 is 0 Å². The zero-order valence-corrected chi connectivity index (χ0v) is 17.2. The highest BCUT2D eigenvalue weighted by atomic mass is 127. The summed E-state index contributed by atoms with van der Waals surface area (Å²) in [6, 6.07) is 0.415. The lowest BCUT2D eigenvalue weighted by atomic mass is 10.1. The maximum Gasteiger partial charge on any atom is 0.222 e. The van der Waals surface area contributed by atoms with Crippen LogP contribution in [0.25, 0.3) is 0 Å². The molecule has 0 aromatic heterocycles. The van der Waals surface area contributed by atoms with Crippen LogP contribution < -0.4 is 16.0 Å². The molecule has 132 valence electrons. The van der Waals surface area contributed by atoms with Gasteiger partial charge in [-0.2, -0.15) is 0 Å². The van der Waals surface area contributed by atoms with Crippen molar-refractivity contribution in [3.8, 4) is 0 Å². The second-order valence-electron chi connectivity index (χ2n) is 5.84. The van der Waals surface area contributed by atoms with Crippen molar-refractivity contribution in [2.75, 3.05) is 20.1 Å². The van der Waals surface area contributed by atoms with Crippen LogP contribution in [0.5, 0.6) is 0 Å². The molecule has 0 radical (unpaired) electrons. The van der Waals surface area contributed by atoms with Crippen molar-refractivity contribution in [1.29, 1.82) is 0 Å². The summed E-state index contributed by atoms with van der Waals surface area (Å²) in [7, 11) is 1.77. The first-order valence-electron chi connectivity index (χ1n) is 8.26. The van der Waals surface area contributed by atoms with E-state index in [-0.39, 0.29) is 35.8 Å². The molecule has 0 aliphatic carbocycles. The van der Waals surface area contributed by atoms with Crippen LogP contribution in [0.3, 0.4) is 0 Å². The minimum Gasteiger partial charge on any atom is -0.355 e. The Bertz CT molecular complexity index is 309. The van der Waals surface area contributed by atoms with E-state index < -0.39 is 0 Å². The van der Waals surface area contributed by atoms with Gasteiger partial charge in [-0.1, -0.05) is 46.5 Å². The summed E-state index contributed by atoms with van der Waals surface area (Å²) in [5, 5.41) is 9.48. The molecule has 0 aliphatic rings. The third-order valence-electron chi connectivity index (χ3n) is 3.34. The van der Waals surface area contributed by atoms with Crippen molar-refractivity contribution in [1.82, 2.24) is 16.0 Å². The van der Waals surface area contributed by atoms with Crippen molar-refractivity contribution in [3.63, 3.8) is 0 Å². The van der Waals surface area contributed by atoms with E-state index in [4.69, 9.17) is 0 Å². The summed E-state index contributed by atoms with van der Waals surface area (Å²) in [5.74, 6) is 0.923. The molecule has 0 aromatic rings. The van der Waals surface area contributed by atoms with Gasteiger partial charge in [0.25, 0.3) is 0 Å². The molecular weight excluding hydrogens is 391 g/mol. The topological polar surface area (TPSA) is 65.5 Å². The molecule has 0 aliphatic heterocycles. The molecule has 0 bridgehead atoms. The van der Waals surface area contributed by atoms with Crippen LogP contribution in [0.2, 0.25) is 0 Å². The van der Waals surface area contributed by atoms with E-state index in [0.717, 1.165) is 12.4 Å². The quantitative estimate of drug-likeness (QED) is 0.218. The van der Waals surface area contributed by atoms with Gasteiger partial charge in [0.05, 0.1) is 0 Å². The minimum atomic E-state index is 0. The Kier molecular flexibility index (Phi) is 16.6. The number of nitrogens with zero attached hydrogens (tertiary/aromatic N) is 1. The van der Waals surface area contributed by atoms with Crippen molar-refractivity contribution in [3.05, 3.63) is 0 Å². The maximum atomic E-state index is 11.4. The minimum absolute atomic E-state index is 0. The van der Waals surface area contributed by atoms with Gasteiger partial charge in [-0.3, -0.25) is 9.79 Å². The van der Waals surface area contributed by atoms with Gasteiger partial charge in [0.15, 0.2) is 5.96 Å². The van der Waals surface area contributed by atoms with E-state index in [0.29, 0.717) is 19.1 Å². The Labute approximate surface area is 153 Å². The number of aliphatic imine (C=N–C) groups is 1. The predicted molar refractivity (Wildman–Crippen MR) is 106 cm³/mol. The first kappa shape index (κ1) is 23.7. The summed E-state index contributed by atoms with van der Waals surface area (Å²) in [6.07, 6.45) is 6.30. The van der Waals surface area contributed by atoms with E-state index >= 15 is 0 Å². The van der Waals surface area contributed by atoms with Gasteiger partial charge in [-0.25, -0.2) is 0 Å². The number of guanidine groups is 1. The second-order valence-corrected chi connectivity index (χ2v) is 5.84. The summed E-state index contributed by atoms with van der Waals surface area (Å²) in [5.41, 5.74) is 0. The third-order valence-corrected chi connectivity index (χ3v) is 3.34. The fraction of sp³-hybridized carbons (Fsp3) is 0.875. The van der Waals surface area contributed by atoms with Gasteiger partial charge in [0, 0.05) is 32.1 Å². The molecule has 1 atom stereocenters. The number of rotatable bonds is 10. The Morgan fingerprint density at radius 3 is 2.23 bits per heavy atom. The molecule has 3 N–H and O–H groups in total. The fourth-order valence-electron chi connectivity index (χ4n) is 1.95. The Morgan fingerprint density at radius 2 is 1.68 bits per heavy atom. The molecule has 0 fully saturated rings. The number of unbranched alkanes of at least 4 members (excludes halogenated alkanes) is 3. The van der Waals surface area contributed by atoms with Crippen LogP contribution in [-0.2, 0) is 4.79 Å². The lowest BCUT2D eigenvalue weighted by Crippen LogP contribution is -2.45. The SMILES string of the molecule is CCCCCCC(C)NC(=NC)NCCNC(=O)C(C)C.I. The van der Waals surface area contributed by atoms with Crippen LogP contribution in [0, 0.1) is 5.92 Å². The number of amides is 1. The van der Waals surface area contributed by atoms with E-state index in [1.807, 2.05) is 13.8 Å². The van der Waals surface area contributed by atoms with E-state index in [2.05, 4.69) is 34.8 Å². The standard InChI is InChI=1S/C16H34N4O.HI/c1-6-7-8-9-10-14(4)20-16(17-5)19-12-11-18-15(21)13(2)3;/h13-14H,6-12H2,1-5H3,(H,18,21)(H2,17,19,20);1H. The number of carbonyl (C=O) groups is 1. The molecule has 0 saturated carbocycles. The average Bonchev–Trinajstić information content (AvgIpc) is 2.46. The van der Waals surface area contributed by atoms with Crippen LogP contribution in [0.1, 0.15) is 59.8 Å². The van der Waals surface area contributed by atoms with Gasteiger partial charge in [-0.05, 0) is 13.3 Å². The Balaban J connectivity index is 0. The van der Waals surface area contributed by atoms with Gasteiger partial charge in [0.1, 0.15) is 0 Å². The second kappa shape index (κ2) is 15.4. The van der Waals surface area contributed by atoms with Crippen LogP contribution in [0.4, 0.5) is 0 Å². The largest absolute Gasteiger partial charge is 0.355 e. The van der Waals surface area contributed by atoms with Gasteiger partial charge < -0.3 is 16.0 Å². The van der Waals surface area contributed by atoms with Crippen LogP contribution >= 0.6 is 24.0 Å². The molecule has 0 rings (SSSR count). The Morgan fingerprint density at radius 1 is 1.05 bits per heavy atom. The van der Waals surface area contributed by atoms with Crippen molar-refractivity contribution >= 4 is 35.8 Å². The molecule has 1 unspecified atom stereocenters. The normalized spacial score (nSPS) is 12.5. The summed E-state index contributed by atoms with van der Waals surface area (Å²) in [6.45, 7) is 9.49. The number of halogens is 1. The van der Waals surface area contributed by atoms with E-state index in [9.17, 15) is 4.79 Å². The molecule has 1 amide bonds. The average molecular weight is 426 g/mol. The Hall–Kier alpha value is -0.530.